The predicted molar refractivity (Wildman–Crippen MR) is 144 cm³/mol. The van der Waals surface area contributed by atoms with Gasteiger partial charge in [-0.05, 0) is 57.2 Å². The van der Waals surface area contributed by atoms with Crippen LogP contribution in [0, 0.1) is 0 Å². The molecule has 1 aliphatic heterocycles. The van der Waals surface area contributed by atoms with Crippen LogP contribution in [0.4, 0.5) is 10.5 Å². The Morgan fingerprint density at radius 2 is 1.70 bits per heavy atom. The molecular formula is C30H33N3O4. The maximum absolute atomic E-state index is 12.3. The van der Waals surface area contributed by atoms with E-state index >= 15 is 0 Å². The van der Waals surface area contributed by atoms with Crippen molar-refractivity contribution in [3.8, 4) is 28.3 Å². The number of hydrogen-bond acceptors (Lipinski definition) is 4. The number of benzene rings is 2. The minimum atomic E-state index is -0.897. The van der Waals surface area contributed by atoms with Crippen LogP contribution in [0.5, 0.6) is 5.88 Å². The van der Waals surface area contributed by atoms with E-state index in [1.54, 1.807) is 16.7 Å². The van der Waals surface area contributed by atoms with Gasteiger partial charge in [-0.2, -0.15) is 0 Å². The number of amides is 2. The van der Waals surface area contributed by atoms with Gasteiger partial charge in [-0.25, -0.2) is 9.78 Å². The van der Waals surface area contributed by atoms with E-state index in [9.17, 15) is 14.7 Å². The Balaban J connectivity index is 1.61. The lowest BCUT2D eigenvalue weighted by molar-refractivity contribution is -0.116. The smallest absolute Gasteiger partial charge is 0.408 e. The first-order chi connectivity index (χ1) is 17.6. The van der Waals surface area contributed by atoms with Crippen LogP contribution in [0.2, 0.25) is 0 Å². The Kier molecular flexibility index (Phi) is 6.18. The molecule has 1 N–H and O–H groups in total. The molecule has 0 unspecified atom stereocenters. The summed E-state index contributed by atoms with van der Waals surface area (Å²) in [5, 5.41) is 10.1. The number of carbonyl (C=O) groups excluding carboxylic acids is 1. The molecule has 3 aromatic rings. The van der Waals surface area contributed by atoms with Crippen molar-refractivity contribution in [2.45, 2.75) is 58.0 Å². The monoisotopic (exact) mass is 499 g/mol. The second-order valence-corrected chi connectivity index (χ2v) is 10.8. The zero-order valence-electron chi connectivity index (χ0n) is 21.8. The standard InChI is InChI=1S/C30H33N3O4/c1-20(34)32-17-18-37-27-25(32)19-24(21-9-6-5-7-10-21)26(31-27)22-11-13-23(14-12-22)30(15-8-16-30)33(28(35)36)29(2,3)4/h5-7,9-14,19H,8,15-18H2,1-4H3,(H,35,36). The molecule has 7 heteroatoms. The number of anilines is 1. The number of fused-ring (bicyclic) bond motifs is 1. The van der Waals surface area contributed by atoms with Crippen LogP contribution in [0.1, 0.15) is 52.5 Å². The van der Waals surface area contributed by atoms with Gasteiger partial charge >= 0.3 is 6.09 Å². The summed E-state index contributed by atoms with van der Waals surface area (Å²) in [6.45, 7) is 8.28. The van der Waals surface area contributed by atoms with E-state index < -0.39 is 17.2 Å². The number of nitrogens with zero attached hydrogens (tertiary/aromatic N) is 3. The van der Waals surface area contributed by atoms with Crippen molar-refractivity contribution in [1.82, 2.24) is 9.88 Å². The van der Waals surface area contributed by atoms with Gasteiger partial charge in [-0.1, -0.05) is 54.6 Å². The van der Waals surface area contributed by atoms with E-state index in [1.807, 2.05) is 81.4 Å². The molecule has 0 radical (unpaired) electrons. The van der Waals surface area contributed by atoms with Gasteiger partial charge in [0, 0.05) is 23.6 Å². The first kappa shape index (κ1) is 24.8. The summed E-state index contributed by atoms with van der Waals surface area (Å²) in [4.78, 5) is 32.9. The van der Waals surface area contributed by atoms with Crippen LogP contribution in [0.3, 0.4) is 0 Å². The third-order valence-electron chi connectivity index (χ3n) is 7.44. The van der Waals surface area contributed by atoms with Crippen LogP contribution in [-0.2, 0) is 10.3 Å². The number of carboxylic acid groups (broad SMARTS) is 1. The molecule has 1 aromatic heterocycles. The van der Waals surface area contributed by atoms with Crippen molar-refractivity contribution >= 4 is 17.7 Å². The molecule has 1 fully saturated rings. The second kappa shape index (κ2) is 9.21. The quantitative estimate of drug-likeness (QED) is 0.454. The molecule has 2 heterocycles. The largest absolute Gasteiger partial charge is 0.474 e. The molecule has 37 heavy (non-hydrogen) atoms. The van der Waals surface area contributed by atoms with Gasteiger partial charge in [0.2, 0.25) is 11.8 Å². The van der Waals surface area contributed by atoms with E-state index in [0.29, 0.717) is 24.7 Å². The fourth-order valence-electron chi connectivity index (χ4n) is 5.73. The highest BCUT2D eigenvalue weighted by Gasteiger charge is 2.50. The Labute approximate surface area is 217 Å². The molecular weight excluding hydrogens is 466 g/mol. The predicted octanol–water partition coefficient (Wildman–Crippen LogP) is 6.32. The number of aromatic nitrogens is 1. The Bertz CT molecular complexity index is 1330. The highest BCUT2D eigenvalue weighted by Crippen LogP contribution is 2.50. The zero-order valence-corrected chi connectivity index (χ0v) is 21.8. The van der Waals surface area contributed by atoms with Crippen molar-refractivity contribution < 1.29 is 19.4 Å². The van der Waals surface area contributed by atoms with Gasteiger partial charge in [-0.15, -0.1) is 0 Å². The highest BCUT2D eigenvalue weighted by atomic mass is 16.5. The fraction of sp³-hybridized carbons (Fsp3) is 0.367. The number of ether oxygens (including phenoxy) is 1. The molecule has 0 atom stereocenters. The molecule has 2 amide bonds. The van der Waals surface area contributed by atoms with Gasteiger partial charge in [0.25, 0.3) is 0 Å². The molecule has 1 aliphatic carbocycles. The number of rotatable bonds is 4. The maximum Gasteiger partial charge on any atom is 0.408 e. The van der Waals surface area contributed by atoms with E-state index in [0.717, 1.165) is 47.2 Å². The molecule has 0 bridgehead atoms. The summed E-state index contributed by atoms with van der Waals surface area (Å²) < 4.78 is 5.88. The summed E-state index contributed by atoms with van der Waals surface area (Å²) in [6.07, 6.45) is 1.70. The molecule has 5 rings (SSSR count). The van der Waals surface area contributed by atoms with Crippen molar-refractivity contribution in [3.63, 3.8) is 0 Å². The highest BCUT2D eigenvalue weighted by molar-refractivity contribution is 5.95. The molecule has 1 saturated carbocycles. The molecule has 0 saturated heterocycles. The molecule has 2 aliphatic rings. The summed E-state index contributed by atoms with van der Waals surface area (Å²) in [7, 11) is 0. The van der Waals surface area contributed by atoms with Crippen LogP contribution >= 0.6 is 0 Å². The average Bonchev–Trinajstić information content (AvgIpc) is 2.84. The number of hydrogen-bond donors (Lipinski definition) is 1. The van der Waals surface area contributed by atoms with Gasteiger partial charge in [0.05, 0.1) is 17.8 Å². The first-order valence-electron chi connectivity index (χ1n) is 12.8. The van der Waals surface area contributed by atoms with Crippen LogP contribution in [0.25, 0.3) is 22.4 Å². The van der Waals surface area contributed by atoms with Crippen LogP contribution in [-0.4, -0.2) is 45.7 Å². The van der Waals surface area contributed by atoms with Crippen LogP contribution < -0.4 is 9.64 Å². The minimum absolute atomic E-state index is 0.0462. The van der Waals surface area contributed by atoms with E-state index in [-0.39, 0.29) is 5.91 Å². The topological polar surface area (TPSA) is 83.0 Å². The second-order valence-electron chi connectivity index (χ2n) is 10.8. The average molecular weight is 500 g/mol. The van der Waals surface area contributed by atoms with Gasteiger partial charge in [0.15, 0.2) is 0 Å². The SMILES string of the molecule is CC(=O)N1CCOc2nc(-c3ccc(C4(N(C(=O)O)C(C)(C)C)CCC4)cc3)c(-c3ccccc3)cc21. The minimum Gasteiger partial charge on any atom is -0.474 e. The lowest BCUT2D eigenvalue weighted by atomic mass is 9.69. The summed E-state index contributed by atoms with van der Waals surface area (Å²) in [5.74, 6) is 0.399. The Morgan fingerprint density at radius 3 is 2.24 bits per heavy atom. The fourth-order valence-corrected chi connectivity index (χ4v) is 5.73. The molecule has 192 valence electrons. The van der Waals surface area contributed by atoms with Crippen molar-refractivity contribution in [3.05, 3.63) is 66.2 Å². The van der Waals surface area contributed by atoms with E-state index in [1.165, 1.54) is 0 Å². The van der Waals surface area contributed by atoms with E-state index in [4.69, 9.17) is 9.72 Å². The molecule has 0 spiro atoms. The number of carbonyl (C=O) groups is 2. The zero-order chi connectivity index (χ0) is 26.4. The van der Waals surface area contributed by atoms with Crippen molar-refractivity contribution in [2.24, 2.45) is 0 Å². The van der Waals surface area contributed by atoms with Crippen molar-refractivity contribution in [1.29, 1.82) is 0 Å². The summed E-state index contributed by atoms with van der Waals surface area (Å²) >= 11 is 0. The van der Waals surface area contributed by atoms with E-state index in [2.05, 4.69) is 0 Å². The Hall–Kier alpha value is -3.87. The third-order valence-corrected chi connectivity index (χ3v) is 7.44. The van der Waals surface area contributed by atoms with Gasteiger partial charge in [0.1, 0.15) is 12.3 Å². The lowest BCUT2D eigenvalue weighted by Gasteiger charge is -2.54. The van der Waals surface area contributed by atoms with Gasteiger partial charge in [-0.3, -0.25) is 9.69 Å². The summed E-state index contributed by atoms with van der Waals surface area (Å²) in [6, 6.07) is 20.1. The van der Waals surface area contributed by atoms with Crippen LogP contribution in [0.15, 0.2) is 60.7 Å². The number of pyridine rings is 1. The van der Waals surface area contributed by atoms with Gasteiger partial charge < -0.3 is 14.7 Å². The molecule has 7 nitrogen and oxygen atoms in total. The lowest BCUT2D eigenvalue weighted by Crippen LogP contribution is -2.60. The Morgan fingerprint density at radius 1 is 1.03 bits per heavy atom. The van der Waals surface area contributed by atoms with Crippen molar-refractivity contribution in [2.75, 3.05) is 18.1 Å². The summed E-state index contributed by atoms with van der Waals surface area (Å²) in [5.41, 5.74) is 4.18. The molecule has 2 aromatic carbocycles. The maximum atomic E-state index is 12.3. The normalized spacial score (nSPS) is 16.3. The third kappa shape index (κ3) is 4.32. The first-order valence-corrected chi connectivity index (χ1v) is 12.8.